The van der Waals surface area contributed by atoms with Gasteiger partial charge in [0, 0.05) is 18.8 Å². The van der Waals surface area contributed by atoms with E-state index < -0.39 is 5.97 Å². The molecule has 3 N–H and O–H groups in total. The van der Waals surface area contributed by atoms with Crippen LogP contribution in [-0.2, 0) is 4.79 Å². The molecule has 0 spiro atoms. The lowest BCUT2D eigenvalue weighted by Gasteiger charge is -2.22. The van der Waals surface area contributed by atoms with Crippen molar-refractivity contribution in [2.24, 2.45) is 0 Å². The number of amides is 1. The van der Waals surface area contributed by atoms with Crippen LogP contribution in [0.1, 0.15) is 15.9 Å². The molecule has 2 aromatic rings. The predicted molar refractivity (Wildman–Crippen MR) is 101 cm³/mol. The third-order valence-electron chi connectivity index (χ3n) is 3.68. The standard InChI is InChI=1S/C20H22N2O4/c23-14-13-22(12-6-9-16-7-2-1-3-8-16)20(26)17-10-4-5-11-18(17)21-15-19(24)25/h1-11,21,23H,12-15H2,(H,24,25)/b9-6+. The summed E-state index contributed by atoms with van der Waals surface area (Å²) < 4.78 is 0. The molecule has 0 atom stereocenters. The van der Waals surface area contributed by atoms with Crippen LogP contribution in [0.25, 0.3) is 6.08 Å². The number of carboxylic acids is 1. The number of hydrogen-bond acceptors (Lipinski definition) is 4. The molecular formula is C20H22N2O4. The molecule has 0 saturated carbocycles. The lowest BCUT2D eigenvalue weighted by molar-refractivity contribution is -0.134. The Morgan fingerprint density at radius 1 is 1.04 bits per heavy atom. The van der Waals surface area contributed by atoms with Crippen molar-refractivity contribution in [3.8, 4) is 0 Å². The Kier molecular flexibility index (Phi) is 7.39. The number of carbonyl (C=O) groups excluding carboxylic acids is 1. The summed E-state index contributed by atoms with van der Waals surface area (Å²) in [5, 5.41) is 20.8. The molecule has 2 rings (SSSR count). The Morgan fingerprint density at radius 2 is 1.73 bits per heavy atom. The van der Waals surface area contributed by atoms with Crippen LogP contribution in [0.15, 0.2) is 60.7 Å². The number of benzene rings is 2. The summed E-state index contributed by atoms with van der Waals surface area (Å²) >= 11 is 0. The molecule has 0 aliphatic carbocycles. The van der Waals surface area contributed by atoms with E-state index in [9.17, 15) is 14.7 Å². The topological polar surface area (TPSA) is 89.9 Å². The summed E-state index contributed by atoms with van der Waals surface area (Å²) in [5.41, 5.74) is 1.85. The Hall–Kier alpha value is -3.12. The third kappa shape index (κ3) is 5.75. The SMILES string of the molecule is O=C(O)CNc1ccccc1C(=O)N(C/C=C/c1ccccc1)CCO. The summed E-state index contributed by atoms with van der Waals surface area (Å²) in [6.45, 7) is 0.0840. The van der Waals surface area contributed by atoms with E-state index in [-0.39, 0.29) is 25.6 Å². The molecule has 0 aromatic heterocycles. The maximum Gasteiger partial charge on any atom is 0.322 e. The highest BCUT2D eigenvalue weighted by molar-refractivity contribution is 6.00. The maximum atomic E-state index is 12.8. The first-order valence-corrected chi connectivity index (χ1v) is 8.28. The highest BCUT2D eigenvalue weighted by Gasteiger charge is 2.17. The molecule has 0 bridgehead atoms. The Bertz CT molecular complexity index is 759. The quantitative estimate of drug-likeness (QED) is 0.643. The second kappa shape index (κ2) is 10.0. The van der Waals surface area contributed by atoms with Crippen LogP contribution in [0, 0.1) is 0 Å². The minimum atomic E-state index is -1.01. The van der Waals surface area contributed by atoms with Gasteiger partial charge in [0.1, 0.15) is 6.54 Å². The van der Waals surface area contributed by atoms with Gasteiger partial charge in [-0.1, -0.05) is 54.6 Å². The fourth-order valence-electron chi connectivity index (χ4n) is 2.44. The molecule has 0 aliphatic heterocycles. The average molecular weight is 354 g/mol. The summed E-state index contributed by atoms with van der Waals surface area (Å²) in [6.07, 6.45) is 3.77. The summed E-state index contributed by atoms with van der Waals surface area (Å²) in [4.78, 5) is 25.1. The Labute approximate surface area is 152 Å². The monoisotopic (exact) mass is 354 g/mol. The fraction of sp³-hybridized carbons (Fsp3) is 0.200. The van der Waals surface area contributed by atoms with E-state index in [1.165, 1.54) is 4.90 Å². The van der Waals surface area contributed by atoms with Crippen molar-refractivity contribution in [2.45, 2.75) is 0 Å². The number of carboxylic acid groups (broad SMARTS) is 1. The number of anilines is 1. The van der Waals surface area contributed by atoms with Gasteiger partial charge in [-0.15, -0.1) is 0 Å². The van der Waals surface area contributed by atoms with Gasteiger partial charge in [0.2, 0.25) is 0 Å². The zero-order chi connectivity index (χ0) is 18.8. The van der Waals surface area contributed by atoms with E-state index in [2.05, 4.69) is 5.32 Å². The lowest BCUT2D eigenvalue weighted by atomic mass is 10.1. The van der Waals surface area contributed by atoms with Crippen LogP contribution < -0.4 is 5.32 Å². The van der Waals surface area contributed by atoms with Gasteiger partial charge < -0.3 is 20.4 Å². The van der Waals surface area contributed by atoms with Crippen molar-refractivity contribution in [3.05, 3.63) is 71.8 Å². The number of aliphatic carboxylic acids is 1. The van der Waals surface area contributed by atoms with Crippen LogP contribution >= 0.6 is 0 Å². The zero-order valence-electron chi connectivity index (χ0n) is 14.3. The smallest absolute Gasteiger partial charge is 0.322 e. The van der Waals surface area contributed by atoms with Crippen molar-refractivity contribution in [2.75, 3.05) is 31.6 Å². The number of rotatable bonds is 9. The van der Waals surface area contributed by atoms with Gasteiger partial charge >= 0.3 is 5.97 Å². The minimum Gasteiger partial charge on any atom is -0.480 e. The van der Waals surface area contributed by atoms with Crippen molar-refractivity contribution in [3.63, 3.8) is 0 Å². The average Bonchev–Trinajstić information content (AvgIpc) is 2.66. The first kappa shape index (κ1) is 19.2. The summed E-state index contributed by atoms with van der Waals surface area (Å²) in [5.74, 6) is -1.28. The van der Waals surface area contributed by atoms with E-state index in [1.54, 1.807) is 24.3 Å². The normalized spacial score (nSPS) is 10.7. The number of nitrogens with one attached hydrogen (secondary N) is 1. The third-order valence-corrected chi connectivity index (χ3v) is 3.68. The lowest BCUT2D eigenvalue weighted by Crippen LogP contribution is -2.34. The highest BCUT2D eigenvalue weighted by atomic mass is 16.4. The largest absolute Gasteiger partial charge is 0.480 e. The van der Waals surface area contributed by atoms with Crippen LogP contribution in [0.2, 0.25) is 0 Å². The second-order valence-electron chi connectivity index (χ2n) is 5.58. The summed E-state index contributed by atoms with van der Waals surface area (Å²) in [7, 11) is 0. The number of carbonyl (C=O) groups is 2. The zero-order valence-corrected chi connectivity index (χ0v) is 14.3. The molecule has 136 valence electrons. The predicted octanol–water partition coefficient (Wildman–Crippen LogP) is 2.33. The van der Waals surface area contributed by atoms with Crippen LogP contribution in [0.5, 0.6) is 0 Å². The van der Waals surface area contributed by atoms with Crippen molar-refractivity contribution in [1.29, 1.82) is 0 Å². The molecule has 1 amide bonds. The van der Waals surface area contributed by atoms with Gasteiger partial charge in [-0.3, -0.25) is 9.59 Å². The number of hydrogen-bond donors (Lipinski definition) is 3. The second-order valence-corrected chi connectivity index (χ2v) is 5.58. The van der Waals surface area contributed by atoms with Gasteiger partial charge in [0.05, 0.1) is 12.2 Å². The van der Waals surface area contributed by atoms with Crippen molar-refractivity contribution >= 4 is 23.6 Å². The number of nitrogens with zero attached hydrogens (tertiary/aromatic N) is 1. The van der Waals surface area contributed by atoms with Crippen molar-refractivity contribution < 1.29 is 19.8 Å². The molecule has 0 saturated heterocycles. The maximum absolute atomic E-state index is 12.8. The van der Waals surface area contributed by atoms with Crippen molar-refractivity contribution in [1.82, 2.24) is 4.90 Å². The molecule has 26 heavy (non-hydrogen) atoms. The number of aliphatic hydroxyl groups excluding tert-OH is 1. The molecule has 6 heteroatoms. The number of para-hydroxylation sites is 1. The highest BCUT2D eigenvalue weighted by Crippen LogP contribution is 2.17. The molecule has 0 heterocycles. The molecule has 0 aliphatic rings. The first-order valence-electron chi connectivity index (χ1n) is 8.28. The van der Waals surface area contributed by atoms with E-state index in [0.29, 0.717) is 17.8 Å². The number of aliphatic hydroxyl groups is 1. The van der Waals surface area contributed by atoms with Gasteiger partial charge in [0.25, 0.3) is 5.91 Å². The van der Waals surface area contributed by atoms with E-state index in [4.69, 9.17) is 5.11 Å². The molecule has 6 nitrogen and oxygen atoms in total. The first-order chi connectivity index (χ1) is 12.6. The molecule has 0 fully saturated rings. The van der Waals surface area contributed by atoms with Crippen LogP contribution in [-0.4, -0.2) is 53.2 Å². The molecular weight excluding hydrogens is 332 g/mol. The minimum absolute atomic E-state index is 0.157. The van der Waals surface area contributed by atoms with E-state index in [0.717, 1.165) is 5.56 Å². The Balaban J connectivity index is 2.12. The van der Waals surface area contributed by atoms with Gasteiger partial charge in [0.15, 0.2) is 0 Å². The van der Waals surface area contributed by atoms with E-state index in [1.807, 2.05) is 42.5 Å². The Morgan fingerprint density at radius 3 is 2.42 bits per heavy atom. The van der Waals surface area contributed by atoms with Crippen LogP contribution in [0.3, 0.4) is 0 Å². The molecule has 2 aromatic carbocycles. The fourth-order valence-corrected chi connectivity index (χ4v) is 2.44. The van der Waals surface area contributed by atoms with Crippen LogP contribution in [0.4, 0.5) is 5.69 Å². The molecule has 0 unspecified atom stereocenters. The van der Waals surface area contributed by atoms with Gasteiger partial charge in [-0.05, 0) is 17.7 Å². The van der Waals surface area contributed by atoms with E-state index >= 15 is 0 Å². The van der Waals surface area contributed by atoms with Gasteiger partial charge in [-0.2, -0.15) is 0 Å². The summed E-state index contributed by atoms with van der Waals surface area (Å²) in [6, 6.07) is 16.5. The van der Waals surface area contributed by atoms with Gasteiger partial charge in [-0.25, -0.2) is 0 Å². The molecule has 0 radical (unpaired) electrons.